The number of aromatic nitrogens is 2. The Kier molecular flexibility index (Phi) is 5.95. The lowest BCUT2D eigenvalue weighted by molar-refractivity contribution is 0.935. The minimum Gasteiger partial charge on any atom is -0.354 e. The van der Waals surface area contributed by atoms with Crippen molar-refractivity contribution in [1.29, 1.82) is 0 Å². The van der Waals surface area contributed by atoms with E-state index in [-0.39, 0.29) is 0 Å². The molecule has 1 aromatic carbocycles. The van der Waals surface area contributed by atoms with Crippen molar-refractivity contribution in [3.05, 3.63) is 46.1 Å². The van der Waals surface area contributed by atoms with Gasteiger partial charge in [-0.25, -0.2) is 9.97 Å². The number of rotatable bonds is 6. The predicted octanol–water partition coefficient (Wildman–Crippen LogP) is 4.90. The van der Waals surface area contributed by atoms with Crippen molar-refractivity contribution in [2.45, 2.75) is 24.1 Å². The lowest BCUT2D eigenvalue weighted by Crippen LogP contribution is -2.04. The van der Waals surface area contributed by atoms with E-state index in [4.69, 9.17) is 23.2 Å². The van der Waals surface area contributed by atoms with Gasteiger partial charge in [0.15, 0.2) is 0 Å². The van der Waals surface area contributed by atoms with Crippen molar-refractivity contribution in [1.82, 2.24) is 9.97 Å². The van der Waals surface area contributed by atoms with Crippen LogP contribution >= 0.6 is 35.0 Å². The standard InChI is InChI=1S/C14H15Cl2N3S/c1-2-7-17-14-18-8-12(16)13(19-14)20-9-10-3-5-11(15)6-4-10/h3-6,8H,2,7,9H2,1H3,(H,17,18,19). The molecule has 0 spiro atoms. The van der Waals surface area contributed by atoms with Crippen LogP contribution in [0.4, 0.5) is 5.95 Å². The number of benzene rings is 1. The quantitative estimate of drug-likeness (QED) is 0.605. The molecule has 1 aromatic heterocycles. The SMILES string of the molecule is CCCNc1ncc(Cl)c(SCc2ccc(Cl)cc2)n1. The molecule has 0 aliphatic carbocycles. The molecule has 0 unspecified atom stereocenters. The first-order valence-corrected chi connectivity index (χ1v) is 8.07. The van der Waals surface area contributed by atoms with E-state index in [0.29, 0.717) is 11.0 Å². The summed E-state index contributed by atoms with van der Waals surface area (Å²) in [7, 11) is 0. The highest BCUT2D eigenvalue weighted by atomic mass is 35.5. The number of hydrogen-bond donors (Lipinski definition) is 1. The Labute approximate surface area is 133 Å². The van der Waals surface area contributed by atoms with Crippen molar-refractivity contribution in [3.8, 4) is 0 Å². The lowest BCUT2D eigenvalue weighted by atomic mass is 10.2. The maximum absolute atomic E-state index is 6.13. The Morgan fingerprint density at radius 1 is 1.20 bits per heavy atom. The Morgan fingerprint density at radius 2 is 1.95 bits per heavy atom. The minimum atomic E-state index is 0.575. The summed E-state index contributed by atoms with van der Waals surface area (Å²) in [4.78, 5) is 8.58. The molecule has 0 atom stereocenters. The van der Waals surface area contributed by atoms with Gasteiger partial charge in [0.1, 0.15) is 5.03 Å². The van der Waals surface area contributed by atoms with Gasteiger partial charge in [-0.05, 0) is 24.1 Å². The van der Waals surface area contributed by atoms with E-state index < -0.39 is 0 Å². The van der Waals surface area contributed by atoms with Gasteiger partial charge in [0.2, 0.25) is 5.95 Å². The largest absolute Gasteiger partial charge is 0.354 e. The zero-order chi connectivity index (χ0) is 14.4. The van der Waals surface area contributed by atoms with Gasteiger partial charge in [0, 0.05) is 17.3 Å². The van der Waals surface area contributed by atoms with Crippen molar-refractivity contribution in [2.75, 3.05) is 11.9 Å². The summed E-state index contributed by atoms with van der Waals surface area (Å²) in [6, 6.07) is 7.77. The molecule has 0 amide bonds. The second-order valence-corrected chi connectivity index (χ2v) is 6.00. The van der Waals surface area contributed by atoms with Crippen LogP contribution in [0.2, 0.25) is 10.0 Å². The van der Waals surface area contributed by atoms with Crippen LogP contribution in [0.5, 0.6) is 0 Å². The highest BCUT2D eigenvalue weighted by Crippen LogP contribution is 2.28. The fourth-order valence-corrected chi connectivity index (χ4v) is 2.73. The highest BCUT2D eigenvalue weighted by molar-refractivity contribution is 7.98. The van der Waals surface area contributed by atoms with E-state index >= 15 is 0 Å². The molecule has 1 heterocycles. The van der Waals surface area contributed by atoms with Gasteiger partial charge in [-0.1, -0.05) is 54.0 Å². The van der Waals surface area contributed by atoms with E-state index in [0.717, 1.165) is 28.8 Å². The molecule has 0 saturated carbocycles. The molecule has 2 aromatic rings. The number of nitrogens with zero attached hydrogens (tertiary/aromatic N) is 2. The Morgan fingerprint density at radius 3 is 2.65 bits per heavy atom. The molecule has 0 aliphatic rings. The third kappa shape index (κ3) is 4.54. The number of thioether (sulfide) groups is 1. The zero-order valence-corrected chi connectivity index (χ0v) is 13.4. The summed E-state index contributed by atoms with van der Waals surface area (Å²) < 4.78 is 0. The number of anilines is 1. The van der Waals surface area contributed by atoms with Crippen LogP contribution in [0.3, 0.4) is 0 Å². The van der Waals surface area contributed by atoms with E-state index in [1.165, 1.54) is 5.56 Å². The summed E-state index contributed by atoms with van der Waals surface area (Å²) >= 11 is 13.6. The van der Waals surface area contributed by atoms with E-state index in [9.17, 15) is 0 Å². The molecule has 0 aliphatic heterocycles. The third-order valence-electron chi connectivity index (χ3n) is 2.53. The first-order chi connectivity index (χ1) is 9.69. The molecule has 1 N–H and O–H groups in total. The summed E-state index contributed by atoms with van der Waals surface area (Å²) in [6.07, 6.45) is 2.66. The first-order valence-electron chi connectivity index (χ1n) is 6.32. The average molecular weight is 328 g/mol. The molecule has 106 valence electrons. The first kappa shape index (κ1) is 15.4. The predicted molar refractivity (Wildman–Crippen MR) is 86.8 cm³/mol. The normalized spacial score (nSPS) is 10.6. The topological polar surface area (TPSA) is 37.8 Å². The Balaban J connectivity index is 2.02. The molecule has 20 heavy (non-hydrogen) atoms. The number of nitrogens with one attached hydrogen (secondary N) is 1. The highest BCUT2D eigenvalue weighted by Gasteiger charge is 2.06. The zero-order valence-electron chi connectivity index (χ0n) is 11.1. The fraction of sp³-hybridized carbons (Fsp3) is 0.286. The van der Waals surface area contributed by atoms with Crippen LogP contribution in [-0.4, -0.2) is 16.5 Å². The number of hydrogen-bond acceptors (Lipinski definition) is 4. The Bertz CT molecular complexity index is 561. The maximum Gasteiger partial charge on any atom is 0.223 e. The molecular formula is C14H15Cl2N3S. The van der Waals surface area contributed by atoms with Gasteiger partial charge in [-0.3, -0.25) is 0 Å². The molecular weight excluding hydrogens is 313 g/mol. The van der Waals surface area contributed by atoms with E-state index in [1.54, 1.807) is 18.0 Å². The molecule has 0 saturated heterocycles. The van der Waals surface area contributed by atoms with Crippen LogP contribution in [-0.2, 0) is 5.75 Å². The summed E-state index contributed by atoms with van der Waals surface area (Å²) in [5.41, 5.74) is 1.18. The minimum absolute atomic E-state index is 0.575. The summed E-state index contributed by atoms with van der Waals surface area (Å²) in [5.74, 6) is 1.41. The van der Waals surface area contributed by atoms with Crippen molar-refractivity contribution in [3.63, 3.8) is 0 Å². The van der Waals surface area contributed by atoms with E-state index in [2.05, 4.69) is 22.2 Å². The molecule has 3 nitrogen and oxygen atoms in total. The summed E-state index contributed by atoms with van der Waals surface area (Å²) in [5, 5.41) is 5.26. The molecule has 6 heteroatoms. The molecule has 0 fully saturated rings. The smallest absolute Gasteiger partial charge is 0.223 e. The monoisotopic (exact) mass is 327 g/mol. The second-order valence-electron chi connectivity index (χ2n) is 4.19. The van der Waals surface area contributed by atoms with Crippen molar-refractivity contribution < 1.29 is 0 Å². The van der Waals surface area contributed by atoms with Crippen molar-refractivity contribution >= 4 is 40.9 Å². The van der Waals surface area contributed by atoms with Crippen LogP contribution < -0.4 is 5.32 Å². The third-order valence-corrected chi connectivity index (χ3v) is 4.24. The van der Waals surface area contributed by atoms with Gasteiger partial charge >= 0.3 is 0 Å². The lowest BCUT2D eigenvalue weighted by Gasteiger charge is -2.07. The van der Waals surface area contributed by atoms with Crippen LogP contribution in [0, 0.1) is 0 Å². The molecule has 0 bridgehead atoms. The van der Waals surface area contributed by atoms with Crippen LogP contribution in [0.1, 0.15) is 18.9 Å². The van der Waals surface area contributed by atoms with Crippen LogP contribution in [0.15, 0.2) is 35.5 Å². The Hall–Kier alpha value is -0.970. The van der Waals surface area contributed by atoms with Crippen molar-refractivity contribution in [2.24, 2.45) is 0 Å². The molecule has 0 radical (unpaired) electrons. The number of halogens is 2. The van der Waals surface area contributed by atoms with Gasteiger partial charge in [-0.15, -0.1) is 0 Å². The van der Waals surface area contributed by atoms with E-state index in [1.807, 2.05) is 24.3 Å². The van der Waals surface area contributed by atoms with Gasteiger partial charge in [-0.2, -0.15) is 0 Å². The fourth-order valence-electron chi connectivity index (χ4n) is 1.51. The second kappa shape index (κ2) is 7.72. The van der Waals surface area contributed by atoms with Gasteiger partial charge in [0.25, 0.3) is 0 Å². The maximum atomic E-state index is 6.13. The van der Waals surface area contributed by atoms with Gasteiger partial charge < -0.3 is 5.32 Å². The van der Waals surface area contributed by atoms with Crippen LogP contribution in [0.25, 0.3) is 0 Å². The van der Waals surface area contributed by atoms with Gasteiger partial charge in [0.05, 0.1) is 11.2 Å². The molecule has 2 rings (SSSR count). The summed E-state index contributed by atoms with van der Waals surface area (Å²) in [6.45, 7) is 2.95. The average Bonchev–Trinajstić information content (AvgIpc) is 2.46.